The molecule has 0 aliphatic carbocycles. The number of pyridine rings is 1. The van der Waals surface area contributed by atoms with E-state index in [9.17, 15) is 14.4 Å². The quantitative estimate of drug-likeness (QED) is 0.503. The molecule has 0 saturated carbocycles. The molecule has 1 N–H and O–H groups in total. The van der Waals surface area contributed by atoms with Gasteiger partial charge < -0.3 is 20.0 Å². The molecule has 3 aliphatic rings. The molecule has 0 unspecified atom stereocenters. The van der Waals surface area contributed by atoms with Gasteiger partial charge in [0.1, 0.15) is 29.2 Å². The van der Waals surface area contributed by atoms with Crippen molar-refractivity contribution in [3.63, 3.8) is 0 Å². The molecule has 3 amide bonds. The standard InChI is InChI=1S/C32H40N8O3/c1-22-33-30-26(21-23-9-4-3-5-10-23)35-31(42)27-11-6-7-17-39(27)28(41)12-8-16-38(19-20-40(30)36-22)32(43)25-14-13-24-15-18-37(2)29(24)34-25/h3-5,9-10,13-14,26-27H,6-8,11-12,15-21H2,1-2H3,(H,35,42)/t26-,27+/m1/s1. The zero-order valence-corrected chi connectivity index (χ0v) is 25.0. The second kappa shape index (κ2) is 12.5. The van der Waals surface area contributed by atoms with Gasteiger partial charge in [0.2, 0.25) is 11.8 Å². The van der Waals surface area contributed by atoms with Crippen LogP contribution in [0.15, 0.2) is 42.5 Å². The van der Waals surface area contributed by atoms with Gasteiger partial charge in [0.05, 0.1) is 12.6 Å². The first-order valence-electron chi connectivity index (χ1n) is 15.4. The summed E-state index contributed by atoms with van der Waals surface area (Å²) in [6, 6.07) is 12.8. The van der Waals surface area contributed by atoms with Gasteiger partial charge in [0.25, 0.3) is 5.91 Å². The summed E-state index contributed by atoms with van der Waals surface area (Å²) >= 11 is 0. The SMILES string of the molecule is Cc1nc2n(n1)CCN(C(=O)c1ccc3c(n1)N(C)CC3)CCCC(=O)N1CCCC[C@H]1C(=O)N[C@@H]2Cc1ccccc1. The van der Waals surface area contributed by atoms with Crippen LogP contribution < -0.4 is 10.2 Å². The fourth-order valence-corrected chi connectivity index (χ4v) is 6.49. The average molecular weight is 585 g/mol. The van der Waals surface area contributed by atoms with Crippen LogP contribution in [0.25, 0.3) is 0 Å². The summed E-state index contributed by atoms with van der Waals surface area (Å²) < 4.78 is 1.82. The van der Waals surface area contributed by atoms with Crippen LogP contribution in [0.4, 0.5) is 5.82 Å². The van der Waals surface area contributed by atoms with Gasteiger partial charge in [-0.1, -0.05) is 36.4 Å². The molecule has 0 bridgehead atoms. The van der Waals surface area contributed by atoms with Crippen LogP contribution in [0.1, 0.15) is 71.4 Å². The normalized spacial score (nSPS) is 21.5. The molecule has 0 spiro atoms. The summed E-state index contributed by atoms with van der Waals surface area (Å²) in [7, 11) is 1.99. The number of anilines is 1. The lowest BCUT2D eigenvalue weighted by Crippen LogP contribution is -2.53. The topological polar surface area (TPSA) is 117 Å². The van der Waals surface area contributed by atoms with Crippen LogP contribution in [-0.2, 0) is 29.0 Å². The Bertz CT molecular complexity index is 1490. The number of rotatable bonds is 3. The number of nitrogens with one attached hydrogen (secondary N) is 1. The van der Waals surface area contributed by atoms with Crippen LogP contribution >= 0.6 is 0 Å². The number of likely N-dealkylation sites (N-methyl/N-ethyl adjacent to an activating group) is 1. The molecule has 1 aromatic carbocycles. The molecule has 11 heteroatoms. The molecule has 2 aromatic heterocycles. The van der Waals surface area contributed by atoms with E-state index in [1.165, 1.54) is 0 Å². The van der Waals surface area contributed by atoms with E-state index in [0.29, 0.717) is 62.8 Å². The molecule has 3 aromatic rings. The largest absolute Gasteiger partial charge is 0.359 e. The minimum absolute atomic E-state index is 0.0415. The number of amides is 3. The van der Waals surface area contributed by atoms with E-state index in [-0.39, 0.29) is 24.1 Å². The second-order valence-electron chi connectivity index (χ2n) is 11.8. The number of fused-ring (bicyclic) bond motifs is 3. The average Bonchev–Trinajstić information content (AvgIpc) is 3.59. The van der Waals surface area contributed by atoms with Gasteiger partial charge in [-0.15, -0.1) is 0 Å². The van der Waals surface area contributed by atoms with Crippen LogP contribution in [0, 0.1) is 6.92 Å². The Kier molecular flexibility index (Phi) is 8.40. The number of carbonyl (C=O) groups is 3. The van der Waals surface area contributed by atoms with E-state index in [1.807, 2.05) is 61.1 Å². The van der Waals surface area contributed by atoms with Crippen molar-refractivity contribution in [2.75, 3.05) is 38.1 Å². The number of nitrogens with zero attached hydrogens (tertiary/aromatic N) is 7. The first-order valence-corrected chi connectivity index (χ1v) is 15.4. The summed E-state index contributed by atoms with van der Waals surface area (Å²) in [5, 5.41) is 7.93. The molecule has 1 saturated heterocycles. The number of hydrogen-bond acceptors (Lipinski definition) is 7. The van der Waals surface area contributed by atoms with Crippen LogP contribution in [0.5, 0.6) is 0 Å². The third-order valence-electron chi connectivity index (χ3n) is 8.78. The Hall–Kier alpha value is -4.28. The molecule has 3 aliphatic heterocycles. The van der Waals surface area contributed by atoms with Gasteiger partial charge in [-0.25, -0.2) is 14.6 Å². The highest BCUT2D eigenvalue weighted by Crippen LogP contribution is 2.26. The van der Waals surface area contributed by atoms with Crippen molar-refractivity contribution >= 4 is 23.5 Å². The van der Waals surface area contributed by atoms with E-state index < -0.39 is 12.1 Å². The van der Waals surface area contributed by atoms with Gasteiger partial charge in [-0.2, -0.15) is 5.10 Å². The highest BCUT2D eigenvalue weighted by atomic mass is 16.2. The molecule has 226 valence electrons. The third kappa shape index (κ3) is 6.25. The first kappa shape index (κ1) is 28.8. The molecule has 11 nitrogen and oxygen atoms in total. The number of aryl methyl sites for hydroxylation is 1. The van der Waals surface area contributed by atoms with Crippen molar-refractivity contribution in [3.8, 4) is 0 Å². The van der Waals surface area contributed by atoms with E-state index in [0.717, 1.165) is 42.8 Å². The predicted octanol–water partition coefficient (Wildman–Crippen LogP) is 2.69. The number of benzene rings is 1. The van der Waals surface area contributed by atoms with Crippen LogP contribution in [-0.4, -0.2) is 86.5 Å². The smallest absolute Gasteiger partial charge is 0.272 e. The van der Waals surface area contributed by atoms with Crippen molar-refractivity contribution in [3.05, 3.63) is 70.9 Å². The van der Waals surface area contributed by atoms with E-state index >= 15 is 0 Å². The minimum Gasteiger partial charge on any atom is -0.359 e. The van der Waals surface area contributed by atoms with Gasteiger partial charge in [-0.05, 0) is 62.6 Å². The Morgan fingerprint density at radius 2 is 1.77 bits per heavy atom. The Labute approximate surface area is 252 Å². The lowest BCUT2D eigenvalue weighted by Gasteiger charge is -2.36. The van der Waals surface area contributed by atoms with Gasteiger partial charge in [-0.3, -0.25) is 14.4 Å². The summed E-state index contributed by atoms with van der Waals surface area (Å²) in [6.07, 6.45) is 4.62. The van der Waals surface area contributed by atoms with Crippen molar-refractivity contribution in [2.45, 2.75) is 70.5 Å². The van der Waals surface area contributed by atoms with Crippen molar-refractivity contribution in [2.24, 2.45) is 0 Å². The lowest BCUT2D eigenvalue weighted by atomic mass is 9.99. The number of piperidine rings is 1. The van der Waals surface area contributed by atoms with Crippen LogP contribution in [0.3, 0.4) is 0 Å². The molecular weight excluding hydrogens is 544 g/mol. The van der Waals surface area contributed by atoms with E-state index in [1.54, 1.807) is 9.80 Å². The number of aromatic nitrogens is 4. The van der Waals surface area contributed by atoms with E-state index in [4.69, 9.17) is 9.97 Å². The Balaban J connectivity index is 1.33. The fraction of sp³-hybridized carbons (Fsp3) is 0.500. The van der Waals surface area contributed by atoms with Gasteiger partial charge in [0, 0.05) is 39.6 Å². The highest BCUT2D eigenvalue weighted by Gasteiger charge is 2.34. The minimum atomic E-state index is -0.523. The molecular formula is C32H40N8O3. The van der Waals surface area contributed by atoms with Crippen LogP contribution in [0.2, 0.25) is 0 Å². The van der Waals surface area contributed by atoms with E-state index in [2.05, 4.69) is 15.3 Å². The maximum absolute atomic E-state index is 13.9. The molecule has 0 radical (unpaired) electrons. The zero-order chi connectivity index (χ0) is 29.9. The summed E-state index contributed by atoms with van der Waals surface area (Å²) in [6.45, 7) is 4.46. The lowest BCUT2D eigenvalue weighted by molar-refractivity contribution is -0.142. The van der Waals surface area contributed by atoms with Gasteiger partial charge in [0.15, 0.2) is 0 Å². The Morgan fingerprint density at radius 3 is 2.60 bits per heavy atom. The molecule has 1 fully saturated rings. The third-order valence-corrected chi connectivity index (χ3v) is 8.78. The molecule has 5 heterocycles. The monoisotopic (exact) mass is 584 g/mol. The highest BCUT2D eigenvalue weighted by molar-refractivity contribution is 5.93. The van der Waals surface area contributed by atoms with Crippen molar-refractivity contribution < 1.29 is 14.4 Å². The molecule has 6 rings (SSSR count). The maximum atomic E-state index is 13.9. The van der Waals surface area contributed by atoms with Gasteiger partial charge >= 0.3 is 0 Å². The summed E-state index contributed by atoms with van der Waals surface area (Å²) in [4.78, 5) is 56.2. The second-order valence-corrected chi connectivity index (χ2v) is 11.8. The fourth-order valence-electron chi connectivity index (χ4n) is 6.49. The van der Waals surface area contributed by atoms with Crippen molar-refractivity contribution in [1.29, 1.82) is 0 Å². The number of carbonyl (C=O) groups excluding carboxylic acids is 3. The maximum Gasteiger partial charge on any atom is 0.272 e. The molecule has 2 atom stereocenters. The summed E-state index contributed by atoms with van der Waals surface area (Å²) in [5.41, 5.74) is 2.61. The first-order chi connectivity index (χ1) is 20.9. The predicted molar refractivity (Wildman–Crippen MR) is 161 cm³/mol. The molecule has 43 heavy (non-hydrogen) atoms. The Morgan fingerprint density at radius 1 is 0.930 bits per heavy atom. The van der Waals surface area contributed by atoms with Crippen molar-refractivity contribution in [1.82, 2.24) is 34.9 Å². The number of hydrogen-bond donors (Lipinski definition) is 1. The summed E-state index contributed by atoms with van der Waals surface area (Å²) in [5.74, 6) is 1.74. The zero-order valence-electron chi connectivity index (χ0n) is 25.0.